The first-order valence-electron chi connectivity index (χ1n) is 3.45. The molecule has 0 saturated carbocycles. The van der Waals surface area contributed by atoms with E-state index in [1.165, 1.54) is 6.08 Å². The minimum atomic E-state index is -0.967. The van der Waals surface area contributed by atoms with E-state index in [-0.39, 0.29) is 0 Å². The Morgan fingerprint density at radius 1 is 1.54 bits per heavy atom. The number of carboxylic acid groups (broad SMARTS) is 1. The fraction of sp³-hybridized carbons (Fsp3) is 0. The predicted molar refractivity (Wildman–Crippen MR) is 55.8 cm³/mol. The largest absolute Gasteiger partial charge is 0.478 e. The van der Waals surface area contributed by atoms with Gasteiger partial charge in [0.1, 0.15) is 0 Å². The predicted octanol–water partition coefficient (Wildman–Crippen LogP) is 3.20. The van der Waals surface area contributed by atoms with Crippen molar-refractivity contribution >= 4 is 39.6 Å². The summed E-state index contributed by atoms with van der Waals surface area (Å²) in [6, 6.07) is 5.20. The Morgan fingerprint density at radius 2 is 2.23 bits per heavy atom. The lowest BCUT2D eigenvalue weighted by atomic mass is 10.2. The van der Waals surface area contributed by atoms with E-state index >= 15 is 0 Å². The average molecular weight is 262 g/mol. The minimum absolute atomic E-state index is 0.604. The molecule has 0 amide bonds. The number of carboxylic acids is 1. The highest BCUT2D eigenvalue weighted by Gasteiger charge is 1.96. The molecular weight excluding hydrogens is 255 g/mol. The first kappa shape index (κ1) is 10.3. The molecule has 0 fully saturated rings. The molecule has 0 aliphatic carbocycles. The molecule has 0 saturated heterocycles. The molecule has 1 rings (SSSR count). The summed E-state index contributed by atoms with van der Waals surface area (Å²) in [6.45, 7) is 0. The molecule has 1 aromatic carbocycles. The van der Waals surface area contributed by atoms with E-state index in [2.05, 4.69) is 15.9 Å². The minimum Gasteiger partial charge on any atom is -0.478 e. The lowest BCUT2D eigenvalue weighted by molar-refractivity contribution is -0.131. The van der Waals surface area contributed by atoms with Crippen molar-refractivity contribution in [3.05, 3.63) is 39.3 Å². The first-order valence-corrected chi connectivity index (χ1v) is 4.63. The zero-order chi connectivity index (χ0) is 9.84. The Labute approximate surface area is 89.0 Å². The number of rotatable bonds is 2. The Morgan fingerprint density at radius 3 is 2.77 bits per heavy atom. The molecule has 1 aromatic rings. The van der Waals surface area contributed by atoms with Crippen LogP contribution in [-0.2, 0) is 4.79 Å². The SMILES string of the molecule is O=C(O)/C=C/c1ccc(Cl)c(Br)c1. The van der Waals surface area contributed by atoms with Crippen molar-refractivity contribution in [1.82, 2.24) is 0 Å². The van der Waals surface area contributed by atoms with E-state index < -0.39 is 5.97 Å². The van der Waals surface area contributed by atoms with Gasteiger partial charge >= 0.3 is 5.97 Å². The van der Waals surface area contributed by atoms with Gasteiger partial charge in [-0.05, 0) is 39.7 Å². The average Bonchev–Trinajstić information content (AvgIpc) is 2.07. The summed E-state index contributed by atoms with van der Waals surface area (Å²) in [5, 5.41) is 8.98. The van der Waals surface area contributed by atoms with E-state index in [1.54, 1.807) is 18.2 Å². The van der Waals surface area contributed by atoms with Gasteiger partial charge in [-0.25, -0.2) is 4.79 Å². The van der Waals surface area contributed by atoms with Crippen molar-refractivity contribution in [3.8, 4) is 0 Å². The maximum absolute atomic E-state index is 10.2. The third kappa shape index (κ3) is 3.20. The number of hydrogen-bond acceptors (Lipinski definition) is 1. The number of aliphatic carboxylic acids is 1. The van der Waals surface area contributed by atoms with Gasteiger partial charge < -0.3 is 5.11 Å². The van der Waals surface area contributed by atoms with Gasteiger partial charge in [-0.2, -0.15) is 0 Å². The second-order valence-corrected chi connectivity index (χ2v) is 3.61. The third-order valence-corrected chi connectivity index (χ3v) is 2.58. The number of carbonyl (C=O) groups is 1. The van der Waals surface area contributed by atoms with Crippen LogP contribution in [0.5, 0.6) is 0 Å². The van der Waals surface area contributed by atoms with E-state index in [0.29, 0.717) is 5.02 Å². The van der Waals surface area contributed by atoms with Crippen LogP contribution in [-0.4, -0.2) is 11.1 Å². The third-order valence-electron chi connectivity index (χ3n) is 1.36. The van der Waals surface area contributed by atoms with Crippen molar-refractivity contribution in [1.29, 1.82) is 0 Å². The number of halogens is 2. The molecule has 68 valence electrons. The summed E-state index contributed by atoms with van der Waals surface area (Å²) < 4.78 is 0.752. The van der Waals surface area contributed by atoms with Crippen LogP contribution in [0, 0.1) is 0 Å². The fourth-order valence-corrected chi connectivity index (χ4v) is 1.30. The van der Waals surface area contributed by atoms with E-state index in [1.807, 2.05) is 0 Å². The van der Waals surface area contributed by atoms with Crippen LogP contribution < -0.4 is 0 Å². The molecule has 0 bridgehead atoms. The molecule has 0 aliphatic rings. The second-order valence-electron chi connectivity index (χ2n) is 2.35. The van der Waals surface area contributed by atoms with Gasteiger partial charge in [0, 0.05) is 10.5 Å². The molecule has 0 aromatic heterocycles. The van der Waals surface area contributed by atoms with Crippen LogP contribution in [0.3, 0.4) is 0 Å². The van der Waals surface area contributed by atoms with Gasteiger partial charge in [-0.15, -0.1) is 0 Å². The molecule has 0 radical (unpaired) electrons. The zero-order valence-corrected chi connectivity index (χ0v) is 8.84. The molecule has 0 heterocycles. The molecule has 0 atom stereocenters. The molecule has 13 heavy (non-hydrogen) atoms. The normalized spacial score (nSPS) is 10.6. The van der Waals surface area contributed by atoms with Crippen LogP contribution in [0.2, 0.25) is 5.02 Å². The van der Waals surface area contributed by atoms with Crippen molar-refractivity contribution in [2.75, 3.05) is 0 Å². The standard InChI is InChI=1S/C9H6BrClO2/c10-7-5-6(1-3-8(7)11)2-4-9(12)13/h1-5H,(H,12,13)/b4-2+. The summed E-state index contributed by atoms with van der Waals surface area (Å²) in [5.41, 5.74) is 0.790. The van der Waals surface area contributed by atoms with Gasteiger partial charge in [-0.3, -0.25) is 0 Å². The van der Waals surface area contributed by atoms with Crippen molar-refractivity contribution in [3.63, 3.8) is 0 Å². The van der Waals surface area contributed by atoms with Crippen LogP contribution >= 0.6 is 27.5 Å². The second kappa shape index (κ2) is 4.44. The van der Waals surface area contributed by atoms with Crippen LogP contribution in [0.1, 0.15) is 5.56 Å². The molecule has 1 N–H and O–H groups in total. The van der Waals surface area contributed by atoms with Crippen molar-refractivity contribution in [2.24, 2.45) is 0 Å². The summed E-state index contributed by atoms with van der Waals surface area (Å²) in [7, 11) is 0. The van der Waals surface area contributed by atoms with Crippen LogP contribution in [0.25, 0.3) is 6.08 Å². The Hall–Kier alpha value is -0.800. The summed E-state index contributed by atoms with van der Waals surface area (Å²) >= 11 is 9.00. The zero-order valence-electron chi connectivity index (χ0n) is 6.50. The Balaban J connectivity index is 2.92. The van der Waals surface area contributed by atoms with Crippen molar-refractivity contribution < 1.29 is 9.90 Å². The van der Waals surface area contributed by atoms with Crippen molar-refractivity contribution in [2.45, 2.75) is 0 Å². The van der Waals surface area contributed by atoms with Gasteiger partial charge in [0.15, 0.2) is 0 Å². The number of hydrogen-bond donors (Lipinski definition) is 1. The molecule has 2 nitrogen and oxygen atoms in total. The fourth-order valence-electron chi connectivity index (χ4n) is 0.784. The van der Waals surface area contributed by atoms with Gasteiger partial charge in [0.05, 0.1) is 5.02 Å². The van der Waals surface area contributed by atoms with Crippen LogP contribution in [0.4, 0.5) is 0 Å². The van der Waals surface area contributed by atoms with Gasteiger partial charge in [0.2, 0.25) is 0 Å². The Kier molecular flexibility index (Phi) is 3.51. The van der Waals surface area contributed by atoms with E-state index in [4.69, 9.17) is 16.7 Å². The quantitative estimate of drug-likeness (QED) is 0.830. The lowest BCUT2D eigenvalue weighted by Gasteiger charge is -1.96. The van der Waals surface area contributed by atoms with Gasteiger partial charge in [0.25, 0.3) is 0 Å². The monoisotopic (exact) mass is 260 g/mol. The van der Waals surface area contributed by atoms with E-state index in [9.17, 15) is 4.79 Å². The summed E-state index contributed by atoms with van der Waals surface area (Å²) in [6.07, 6.45) is 2.58. The molecular formula is C9H6BrClO2. The maximum atomic E-state index is 10.2. The lowest BCUT2D eigenvalue weighted by Crippen LogP contribution is -1.85. The molecule has 0 aliphatic heterocycles. The smallest absolute Gasteiger partial charge is 0.328 e. The topological polar surface area (TPSA) is 37.3 Å². The number of benzene rings is 1. The highest BCUT2D eigenvalue weighted by atomic mass is 79.9. The first-order chi connectivity index (χ1) is 6.09. The van der Waals surface area contributed by atoms with Crippen LogP contribution in [0.15, 0.2) is 28.7 Å². The molecule has 4 heteroatoms. The summed E-state index contributed by atoms with van der Waals surface area (Å²) in [4.78, 5) is 10.2. The maximum Gasteiger partial charge on any atom is 0.328 e. The van der Waals surface area contributed by atoms with E-state index in [0.717, 1.165) is 16.1 Å². The highest BCUT2D eigenvalue weighted by molar-refractivity contribution is 9.10. The molecule has 0 spiro atoms. The van der Waals surface area contributed by atoms with Gasteiger partial charge in [-0.1, -0.05) is 17.7 Å². The Bertz CT molecular complexity index is 361. The molecule has 0 unspecified atom stereocenters. The summed E-state index contributed by atoms with van der Waals surface area (Å²) in [5.74, 6) is -0.967. The highest BCUT2D eigenvalue weighted by Crippen LogP contribution is 2.23.